The lowest BCUT2D eigenvalue weighted by Gasteiger charge is -2.07. The van der Waals surface area contributed by atoms with Crippen LogP contribution in [-0.4, -0.2) is 18.7 Å². The van der Waals surface area contributed by atoms with Gasteiger partial charge in [-0.1, -0.05) is 67.4 Å². The van der Waals surface area contributed by atoms with Gasteiger partial charge in [0.2, 0.25) is 0 Å². The molecule has 0 unspecified atom stereocenters. The monoisotopic (exact) mass is 414 g/mol. The SMILES string of the molecule is CCCCS(=O)(=O)[O-].Cc1ccc([S+](c2ccccc2)c2ccccc2)cc1. The molecule has 3 aromatic rings. The van der Waals surface area contributed by atoms with Gasteiger partial charge in [0.1, 0.15) is 0 Å². The summed E-state index contributed by atoms with van der Waals surface area (Å²) in [4.78, 5) is 4.10. The fourth-order valence-electron chi connectivity index (χ4n) is 2.52. The summed E-state index contributed by atoms with van der Waals surface area (Å²) in [6.45, 7) is 3.97. The van der Waals surface area contributed by atoms with Crippen LogP contribution < -0.4 is 0 Å². The van der Waals surface area contributed by atoms with E-state index in [4.69, 9.17) is 0 Å². The zero-order valence-corrected chi connectivity index (χ0v) is 17.9. The second kappa shape index (κ2) is 11.1. The van der Waals surface area contributed by atoms with E-state index in [1.54, 1.807) is 0 Å². The highest BCUT2D eigenvalue weighted by Crippen LogP contribution is 2.30. The minimum absolute atomic E-state index is 0.0229. The zero-order chi connectivity index (χ0) is 20.4. The van der Waals surface area contributed by atoms with Gasteiger partial charge in [-0.2, -0.15) is 0 Å². The molecule has 0 aliphatic heterocycles. The van der Waals surface area contributed by atoms with Crippen LogP contribution in [0.15, 0.2) is 99.6 Å². The van der Waals surface area contributed by atoms with E-state index in [0.717, 1.165) is 6.42 Å². The number of aryl methyl sites for hydroxylation is 1. The summed E-state index contributed by atoms with van der Waals surface area (Å²) >= 11 is 0. The van der Waals surface area contributed by atoms with Crippen LogP contribution in [0, 0.1) is 6.92 Å². The Morgan fingerprint density at radius 1 is 0.750 bits per heavy atom. The first kappa shape index (κ1) is 22.2. The lowest BCUT2D eigenvalue weighted by molar-refractivity contribution is 0.461. The summed E-state index contributed by atoms with van der Waals surface area (Å²) in [6.07, 6.45) is 1.23. The van der Waals surface area contributed by atoms with Crippen LogP contribution in [0.4, 0.5) is 0 Å². The van der Waals surface area contributed by atoms with Crippen LogP contribution in [-0.2, 0) is 21.0 Å². The highest BCUT2D eigenvalue weighted by molar-refractivity contribution is 7.97. The molecule has 0 fully saturated rings. The molecule has 0 amide bonds. The lowest BCUT2D eigenvalue weighted by Crippen LogP contribution is -2.04. The van der Waals surface area contributed by atoms with Crippen molar-refractivity contribution in [3.8, 4) is 0 Å². The molecule has 3 aromatic carbocycles. The van der Waals surface area contributed by atoms with Crippen LogP contribution in [0.1, 0.15) is 25.3 Å². The van der Waals surface area contributed by atoms with Crippen molar-refractivity contribution in [2.75, 3.05) is 5.75 Å². The Balaban J connectivity index is 0.000000300. The number of rotatable bonds is 6. The molecule has 0 aliphatic rings. The molecule has 3 rings (SSSR count). The minimum Gasteiger partial charge on any atom is -0.748 e. The van der Waals surface area contributed by atoms with Crippen molar-refractivity contribution >= 4 is 21.0 Å². The number of benzene rings is 3. The van der Waals surface area contributed by atoms with Gasteiger partial charge in [-0.25, -0.2) is 8.42 Å². The van der Waals surface area contributed by atoms with Crippen LogP contribution >= 0.6 is 0 Å². The maximum absolute atomic E-state index is 9.83. The number of hydrogen-bond donors (Lipinski definition) is 0. The first-order valence-corrected chi connectivity index (χ1v) is 12.1. The highest BCUT2D eigenvalue weighted by atomic mass is 32.2. The number of hydrogen-bond acceptors (Lipinski definition) is 3. The van der Waals surface area contributed by atoms with Gasteiger partial charge in [-0.15, -0.1) is 0 Å². The van der Waals surface area contributed by atoms with Crippen LogP contribution in [0.25, 0.3) is 0 Å². The van der Waals surface area contributed by atoms with Gasteiger partial charge in [-0.3, -0.25) is 0 Å². The molecule has 0 heterocycles. The smallest absolute Gasteiger partial charge is 0.166 e. The van der Waals surface area contributed by atoms with Crippen molar-refractivity contribution in [1.29, 1.82) is 0 Å². The Morgan fingerprint density at radius 3 is 1.54 bits per heavy atom. The third kappa shape index (κ3) is 7.50. The molecular weight excluding hydrogens is 388 g/mol. The van der Waals surface area contributed by atoms with E-state index < -0.39 is 10.1 Å². The summed E-state index contributed by atoms with van der Waals surface area (Å²) in [6, 6.07) is 30.4. The van der Waals surface area contributed by atoms with E-state index in [0.29, 0.717) is 6.42 Å². The summed E-state index contributed by atoms with van der Waals surface area (Å²) in [5.41, 5.74) is 1.30. The quantitative estimate of drug-likeness (QED) is 0.400. The largest absolute Gasteiger partial charge is 0.748 e. The average Bonchev–Trinajstić information content (AvgIpc) is 2.70. The maximum atomic E-state index is 9.83. The predicted octanol–water partition coefficient (Wildman–Crippen LogP) is 5.42. The first-order valence-electron chi connectivity index (χ1n) is 9.25. The summed E-state index contributed by atoms with van der Waals surface area (Å²) in [5, 5.41) is 0. The molecule has 5 heteroatoms. The van der Waals surface area contributed by atoms with Crippen LogP contribution in [0.3, 0.4) is 0 Å². The zero-order valence-electron chi connectivity index (χ0n) is 16.2. The van der Waals surface area contributed by atoms with Crippen molar-refractivity contribution < 1.29 is 13.0 Å². The second-order valence-corrected chi connectivity index (χ2v) is 9.91. The molecule has 148 valence electrons. The van der Waals surface area contributed by atoms with Gasteiger partial charge in [0.05, 0.1) is 21.0 Å². The average molecular weight is 415 g/mol. The summed E-state index contributed by atoms with van der Waals surface area (Å²) in [5.74, 6) is -0.219. The van der Waals surface area contributed by atoms with E-state index in [9.17, 15) is 13.0 Å². The first-order chi connectivity index (χ1) is 13.4. The minimum atomic E-state index is -3.94. The fourth-order valence-corrected chi connectivity index (χ4v) is 5.24. The van der Waals surface area contributed by atoms with E-state index in [2.05, 4.69) is 91.9 Å². The molecule has 3 nitrogen and oxygen atoms in total. The molecule has 0 spiro atoms. The van der Waals surface area contributed by atoms with Gasteiger partial charge < -0.3 is 4.55 Å². The molecule has 0 N–H and O–H groups in total. The van der Waals surface area contributed by atoms with E-state index in [1.165, 1.54) is 20.2 Å². The summed E-state index contributed by atoms with van der Waals surface area (Å²) in [7, 11) is -3.96. The Kier molecular flexibility index (Phi) is 8.77. The molecule has 0 saturated carbocycles. The van der Waals surface area contributed by atoms with Gasteiger partial charge >= 0.3 is 0 Å². The fraction of sp³-hybridized carbons (Fsp3) is 0.217. The van der Waals surface area contributed by atoms with Gasteiger partial charge in [0.15, 0.2) is 14.7 Å². The highest BCUT2D eigenvalue weighted by Gasteiger charge is 2.27. The molecular formula is C23H26O3S2. The topological polar surface area (TPSA) is 57.2 Å². The van der Waals surface area contributed by atoms with Crippen molar-refractivity contribution in [3.05, 3.63) is 90.5 Å². The van der Waals surface area contributed by atoms with Crippen molar-refractivity contribution in [3.63, 3.8) is 0 Å². The third-order valence-electron chi connectivity index (χ3n) is 3.96. The van der Waals surface area contributed by atoms with Crippen LogP contribution in [0.5, 0.6) is 0 Å². The Morgan fingerprint density at radius 2 is 1.18 bits per heavy atom. The number of unbranched alkanes of at least 4 members (excludes halogenated alkanes) is 1. The molecule has 0 saturated heterocycles. The standard InChI is InChI=1S/C19H17S.C4H10O3S/c1-16-12-14-19(15-13-16)20(17-8-4-2-5-9-17)18-10-6-3-7-11-18;1-2-3-4-8(5,6)7/h2-15H,1H3;2-4H2,1H3,(H,5,6,7)/q+1;/p-1. The maximum Gasteiger partial charge on any atom is 0.166 e. The molecule has 0 aromatic heterocycles. The Hall–Kier alpha value is -2.08. The van der Waals surface area contributed by atoms with Crippen molar-refractivity contribution in [2.24, 2.45) is 0 Å². The molecule has 0 radical (unpaired) electrons. The Labute approximate surface area is 171 Å². The van der Waals surface area contributed by atoms with E-state index in [1.807, 2.05) is 6.92 Å². The second-order valence-electron chi connectivity index (χ2n) is 6.36. The van der Waals surface area contributed by atoms with Gasteiger partial charge in [0.25, 0.3) is 0 Å². The predicted molar refractivity (Wildman–Crippen MR) is 116 cm³/mol. The van der Waals surface area contributed by atoms with Crippen molar-refractivity contribution in [2.45, 2.75) is 41.4 Å². The normalized spacial score (nSPS) is 11.0. The molecule has 0 atom stereocenters. The molecule has 28 heavy (non-hydrogen) atoms. The third-order valence-corrected chi connectivity index (χ3v) is 6.98. The van der Waals surface area contributed by atoms with E-state index >= 15 is 0 Å². The molecule has 0 aliphatic carbocycles. The Bertz CT molecular complexity index is 883. The van der Waals surface area contributed by atoms with Gasteiger partial charge in [-0.05, 0) is 49.7 Å². The lowest BCUT2D eigenvalue weighted by atomic mass is 10.2. The van der Waals surface area contributed by atoms with Crippen LogP contribution in [0.2, 0.25) is 0 Å². The van der Waals surface area contributed by atoms with Crippen molar-refractivity contribution in [1.82, 2.24) is 0 Å². The van der Waals surface area contributed by atoms with Gasteiger partial charge in [0, 0.05) is 5.75 Å². The summed E-state index contributed by atoms with van der Waals surface area (Å²) < 4.78 is 29.5. The molecule has 0 bridgehead atoms. The van der Waals surface area contributed by atoms with E-state index in [-0.39, 0.29) is 16.6 Å².